The molecule has 5 nitrogen and oxygen atoms in total. The number of fused-ring (bicyclic) bond motifs is 1. The van der Waals surface area contributed by atoms with Crippen LogP contribution in [0.4, 0.5) is 0 Å². The van der Waals surface area contributed by atoms with E-state index in [0.29, 0.717) is 19.1 Å². The first-order valence-corrected chi connectivity index (χ1v) is 11.6. The van der Waals surface area contributed by atoms with Crippen molar-refractivity contribution in [3.8, 4) is 0 Å². The molecule has 1 aromatic carbocycles. The molecule has 2 fully saturated rings. The molecule has 1 atom stereocenters. The van der Waals surface area contributed by atoms with Crippen LogP contribution in [0.1, 0.15) is 37.8 Å². The molecule has 0 radical (unpaired) electrons. The highest BCUT2D eigenvalue weighted by Crippen LogP contribution is 2.42. The molecular weight excluding hydrogens is 354 g/mol. The van der Waals surface area contributed by atoms with Gasteiger partial charge in [-0.1, -0.05) is 6.07 Å². The maximum atomic E-state index is 11.8. The van der Waals surface area contributed by atoms with Crippen LogP contribution in [0.3, 0.4) is 0 Å². The predicted octanol–water partition coefficient (Wildman–Crippen LogP) is 3.10. The van der Waals surface area contributed by atoms with Crippen molar-refractivity contribution in [2.45, 2.75) is 32.2 Å². The van der Waals surface area contributed by atoms with Crippen LogP contribution in [0.2, 0.25) is 0 Å². The zero-order valence-corrected chi connectivity index (χ0v) is 16.4. The van der Waals surface area contributed by atoms with Crippen LogP contribution in [-0.2, 0) is 10.0 Å². The Morgan fingerprint density at radius 2 is 1.92 bits per heavy atom. The molecule has 0 bridgehead atoms. The van der Waals surface area contributed by atoms with Gasteiger partial charge in [0.1, 0.15) is 0 Å². The van der Waals surface area contributed by atoms with Crippen LogP contribution >= 0.6 is 11.3 Å². The van der Waals surface area contributed by atoms with Gasteiger partial charge in [-0.3, -0.25) is 4.90 Å². The van der Waals surface area contributed by atoms with E-state index in [1.807, 2.05) is 5.51 Å². The normalized spacial score (nSPS) is 23.4. The van der Waals surface area contributed by atoms with Gasteiger partial charge in [-0.2, -0.15) is 0 Å². The third-order valence-electron chi connectivity index (χ3n) is 6.12. The van der Waals surface area contributed by atoms with Crippen LogP contribution in [0.5, 0.6) is 0 Å². The minimum atomic E-state index is -3.05. The number of likely N-dealkylation sites (tertiary alicyclic amines) is 1. The van der Waals surface area contributed by atoms with Crippen molar-refractivity contribution in [3.63, 3.8) is 0 Å². The van der Waals surface area contributed by atoms with E-state index in [-0.39, 0.29) is 5.41 Å². The molecule has 1 spiro atoms. The van der Waals surface area contributed by atoms with E-state index in [4.69, 9.17) is 0 Å². The summed E-state index contributed by atoms with van der Waals surface area (Å²) in [7, 11) is -3.05. The Bertz CT molecular complexity index is 869. The van der Waals surface area contributed by atoms with E-state index in [0.717, 1.165) is 37.9 Å². The lowest BCUT2D eigenvalue weighted by Gasteiger charge is -2.42. The van der Waals surface area contributed by atoms with Crippen molar-refractivity contribution < 1.29 is 8.42 Å². The number of benzene rings is 1. The zero-order chi connectivity index (χ0) is 17.7. The van der Waals surface area contributed by atoms with E-state index >= 15 is 0 Å². The van der Waals surface area contributed by atoms with Gasteiger partial charge in [0.25, 0.3) is 0 Å². The molecule has 0 amide bonds. The molecule has 1 aromatic heterocycles. The highest BCUT2D eigenvalue weighted by molar-refractivity contribution is 7.88. The molecule has 2 saturated heterocycles. The van der Waals surface area contributed by atoms with Gasteiger partial charge < -0.3 is 0 Å². The number of aromatic nitrogens is 1. The van der Waals surface area contributed by atoms with Crippen LogP contribution in [0.15, 0.2) is 23.7 Å². The van der Waals surface area contributed by atoms with Crippen LogP contribution in [0, 0.1) is 5.41 Å². The van der Waals surface area contributed by atoms with Crippen LogP contribution < -0.4 is 0 Å². The van der Waals surface area contributed by atoms with Crippen molar-refractivity contribution in [2.24, 2.45) is 5.41 Å². The second kappa shape index (κ2) is 6.30. The van der Waals surface area contributed by atoms with E-state index in [2.05, 4.69) is 35.0 Å². The molecule has 2 aromatic rings. The number of hydrogen-bond donors (Lipinski definition) is 0. The second-order valence-electron chi connectivity index (χ2n) is 7.64. The number of hydrogen-bond acceptors (Lipinski definition) is 5. The van der Waals surface area contributed by atoms with Gasteiger partial charge in [-0.05, 0) is 62.4 Å². The lowest BCUT2D eigenvalue weighted by atomic mass is 9.77. The van der Waals surface area contributed by atoms with E-state index in [9.17, 15) is 8.42 Å². The topological polar surface area (TPSA) is 53.5 Å². The largest absolute Gasteiger partial charge is 0.297 e. The Kier molecular flexibility index (Phi) is 4.38. The molecule has 0 aliphatic carbocycles. The third kappa shape index (κ3) is 3.35. The summed E-state index contributed by atoms with van der Waals surface area (Å²) in [5, 5.41) is 0. The first-order chi connectivity index (χ1) is 11.9. The summed E-state index contributed by atoms with van der Waals surface area (Å²) in [6, 6.07) is 6.97. The summed E-state index contributed by atoms with van der Waals surface area (Å²) < 4.78 is 26.5. The van der Waals surface area contributed by atoms with Crippen molar-refractivity contribution in [2.75, 3.05) is 32.4 Å². The third-order valence-corrected chi connectivity index (χ3v) is 8.18. The summed E-state index contributed by atoms with van der Waals surface area (Å²) in [5.41, 5.74) is 4.50. The Hall–Kier alpha value is -1.02. The minimum Gasteiger partial charge on any atom is -0.297 e. The van der Waals surface area contributed by atoms with Gasteiger partial charge in [-0.25, -0.2) is 17.7 Å². The molecule has 25 heavy (non-hydrogen) atoms. The van der Waals surface area contributed by atoms with E-state index < -0.39 is 10.0 Å². The van der Waals surface area contributed by atoms with Crippen LogP contribution in [0.25, 0.3) is 10.2 Å². The number of piperidine rings is 1. The fourth-order valence-corrected chi connectivity index (χ4v) is 5.91. The number of rotatable bonds is 3. The molecule has 2 aliphatic heterocycles. The second-order valence-corrected chi connectivity index (χ2v) is 10.5. The monoisotopic (exact) mass is 379 g/mol. The van der Waals surface area contributed by atoms with Crippen LogP contribution in [-0.4, -0.2) is 55.0 Å². The van der Waals surface area contributed by atoms with Gasteiger partial charge in [0, 0.05) is 19.1 Å². The predicted molar refractivity (Wildman–Crippen MR) is 102 cm³/mol. The number of thiazole rings is 1. The molecule has 136 valence electrons. The Labute approximate surface area is 153 Å². The fraction of sp³-hybridized carbons (Fsp3) is 0.611. The highest BCUT2D eigenvalue weighted by atomic mass is 32.2. The maximum absolute atomic E-state index is 11.8. The van der Waals surface area contributed by atoms with Crippen molar-refractivity contribution in [1.82, 2.24) is 14.2 Å². The zero-order valence-electron chi connectivity index (χ0n) is 14.8. The van der Waals surface area contributed by atoms with Gasteiger partial charge in [0.2, 0.25) is 10.0 Å². The molecule has 4 rings (SSSR count). The highest BCUT2D eigenvalue weighted by Gasteiger charge is 2.43. The lowest BCUT2D eigenvalue weighted by Crippen LogP contribution is -2.43. The molecule has 0 saturated carbocycles. The quantitative estimate of drug-likeness (QED) is 0.822. The molecule has 0 unspecified atom stereocenters. The molecule has 0 N–H and O–H groups in total. The van der Waals surface area contributed by atoms with Crippen molar-refractivity contribution in [3.05, 3.63) is 29.3 Å². The summed E-state index contributed by atoms with van der Waals surface area (Å²) in [6.45, 7) is 5.73. The smallest absolute Gasteiger partial charge is 0.211 e. The first kappa shape index (κ1) is 17.4. The Morgan fingerprint density at radius 3 is 2.60 bits per heavy atom. The lowest BCUT2D eigenvalue weighted by molar-refractivity contribution is 0.0863. The number of sulfonamides is 1. The number of nitrogens with zero attached hydrogens (tertiary/aromatic N) is 3. The first-order valence-electron chi connectivity index (χ1n) is 8.89. The summed E-state index contributed by atoms with van der Waals surface area (Å²) >= 11 is 1.68. The molecule has 2 aliphatic rings. The molecule has 7 heteroatoms. The standard InChI is InChI=1S/C18H25N3O2S2/c1-14(15-3-4-17-16(11-15)19-13-24-17)20-8-5-18(6-9-20)7-10-21(12-18)25(2,22)23/h3-4,11,13-14H,5-10,12H2,1-2H3/t14-/m1/s1. The Balaban J connectivity index is 1.43. The fourth-order valence-electron chi connectivity index (χ4n) is 4.32. The average Bonchev–Trinajstić information content (AvgIpc) is 3.21. The van der Waals surface area contributed by atoms with E-state index in [1.54, 1.807) is 15.6 Å². The van der Waals surface area contributed by atoms with Gasteiger partial charge in [-0.15, -0.1) is 11.3 Å². The van der Waals surface area contributed by atoms with Gasteiger partial charge in [0.15, 0.2) is 0 Å². The molecule has 3 heterocycles. The summed E-state index contributed by atoms with van der Waals surface area (Å²) in [4.78, 5) is 6.96. The Morgan fingerprint density at radius 1 is 1.20 bits per heavy atom. The van der Waals surface area contributed by atoms with E-state index in [1.165, 1.54) is 16.5 Å². The van der Waals surface area contributed by atoms with Gasteiger partial charge >= 0.3 is 0 Å². The van der Waals surface area contributed by atoms with Crippen molar-refractivity contribution >= 4 is 31.6 Å². The summed E-state index contributed by atoms with van der Waals surface area (Å²) in [5.74, 6) is 0. The average molecular weight is 380 g/mol. The maximum Gasteiger partial charge on any atom is 0.211 e. The minimum absolute atomic E-state index is 0.193. The van der Waals surface area contributed by atoms with Gasteiger partial charge in [0.05, 0.1) is 22.0 Å². The SMILES string of the molecule is C[C@H](c1ccc2scnc2c1)N1CCC2(CC1)CCN(S(C)(=O)=O)C2. The molecular formula is C18H25N3O2S2. The van der Waals surface area contributed by atoms with Crippen molar-refractivity contribution in [1.29, 1.82) is 0 Å². The summed E-state index contributed by atoms with van der Waals surface area (Å²) in [6.07, 6.45) is 4.51.